The van der Waals surface area contributed by atoms with Crippen molar-refractivity contribution in [3.63, 3.8) is 0 Å². The first kappa shape index (κ1) is 9.43. The summed E-state index contributed by atoms with van der Waals surface area (Å²) in [4.78, 5) is 0. The molecule has 1 aliphatic heterocycles. The topological polar surface area (TPSA) is 63.4 Å². The Kier molecular flexibility index (Phi) is 2.33. The van der Waals surface area contributed by atoms with Gasteiger partial charge in [0.2, 0.25) is 10.0 Å². The average molecular weight is 204 g/mol. The maximum absolute atomic E-state index is 11.6. The van der Waals surface area contributed by atoms with Gasteiger partial charge in [0, 0.05) is 19.1 Å². The highest BCUT2D eigenvalue weighted by atomic mass is 32.2. The van der Waals surface area contributed by atoms with Crippen LogP contribution in [0.5, 0.6) is 0 Å². The Balaban J connectivity index is 1.88. The summed E-state index contributed by atoms with van der Waals surface area (Å²) in [7, 11) is -2.96. The zero-order valence-electron chi connectivity index (χ0n) is 7.65. The zero-order valence-corrected chi connectivity index (χ0v) is 8.46. The molecule has 2 aliphatic rings. The highest BCUT2D eigenvalue weighted by molar-refractivity contribution is 7.89. The largest absolute Gasteiger partial charge is 0.325 e. The summed E-state index contributed by atoms with van der Waals surface area (Å²) in [5.74, 6) is 0.765. The second kappa shape index (κ2) is 3.22. The minimum Gasteiger partial charge on any atom is -0.325 e. The molecule has 0 spiro atoms. The van der Waals surface area contributed by atoms with Crippen molar-refractivity contribution in [1.82, 2.24) is 4.31 Å². The van der Waals surface area contributed by atoms with Gasteiger partial charge < -0.3 is 5.73 Å². The smallest absolute Gasteiger partial charge is 0.214 e. The molecule has 2 rings (SSSR count). The first-order chi connectivity index (χ1) is 6.08. The fraction of sp³-hybridized carbons (Fsp3) is 1.00. The molecule has 1 aliphatic carbocycles. The van der Waals surface area contributed by atoms with Crippen LogP contribution in [0.4, 0.5) is 0 Å². The minimum absolute atomic E-state index is 0.0659. The third-order valence-corrected chi connectivity index (χ3v) is 4.92. The molecule has 0 radical (unpaired) electrons. The molecule has 1 saturated heterocycles. The molecule has 0 aromatic rings. The summed E-state index contributed by atoms with van der Waals surface area (Å²) < 4.78 is 24.8. The van der Waals surface area contributed by atoms with Crippen LogP contribution in [0.2, 0.25) is 0 Å². The van der Waals surface area contributed by atoms with E-state index in [1.807, 2.05) is 0 Å². The highest BCUT2D eigenvalue weighted by Gasteiger charge is 2.35. The Morgan fingerprint density at radius 2 is 1.92 bits per heavy atom. The monoisotopic (exact) mass is 204 g/mol. The molecule has 0 amide bonds. The molecule has 13 heavy (non-hydrogen) atoms. The van der Waals surface area contributed by atoms with Crippen molar-refractivity contribution in [2.75, 3.05) is 18.8 Å². The standard InChI is InChI=1S/C8H16N2O2S/c9-8-4-10(5-8)13(11,12)6-7-2-1-3-7/h7-8H,1-6,9H2. The van der Waals surface area contributed by atoms with Crippen molar-refractivity contribution in [2.45, 2.75) is 25.3 Å². The Bertz CT molecular complexity index is 279. The second-order valence-electron chi connectivity index (χ2n) is 4.15. The Morgan fingerprint density at radius 1 is 1.31 bits per heavy atom. The molecule has 1 saturated carbocycles. The molecule has 0 atom stereocenters. The molecule has 2 fully saturated rings. The quantitative estimate of drug-likeness (QED) is 0.690. The van der Waals surface area contributed by atoms with E-state index in [1.165, 1.54) is 10.7 Å². The van der Waals surface area contributed by atoms with Crippen molar-refractivity contribution >= 4 is 10.0 Å². The number of nitrogens with two attached hydrogens (primary N) is 1. The SMILES string of the molecule is NC1CN(S(=O)(=O)CC2CCC2)C1. The number of hydrogen-bond acceptors (Lipinski definition) is 3. The van der Waals surface area contributed by atoms with Crippen LogP contribution >= 0.6 is 0 Å². The minimum atomic E-state index is -2.96. The molecular formula is C8H16N2O2S. The fourth-order valence-electron chi connectivity index (χ4n) is 1.76. The van der Waals surface area contributed by atoms with Crippen molar-refractivity contribution < 1.29 is 8.42 Å². The van der Waals surface area contributed by atoms with Crippen molar-refractivity contribution in [1.29, 1.82) is 0 Å². The summed E-state index contributed by atoms with van der Waals surface area (Å²) in [5, 5.41) is 0. The molecule has 4 nitrogen and oxygen atoms in total. The number of nitrogens with zero attached hydrogens (tertiary/aromatic N) is 1. The van der Waals surface area contributed by atoms with Crippen LogP contribution in [-0.2, 0) is 10.0 Å². The summed E-state index contributed by atoms with van der Waals surface area (Å²) >= 11 is 0. The van der Waals surface area contributed by atoms with Crippen LogP contribution in [0.25, 0.3) is 0 Å². The van der Waals surface area contributed by atoms with E-state index in [9.17, 15) is 8.42 Å². The normalized spacial score (nSPS) is 26.8. The van der Waals surface area contributed by atoms with Crippen molar-refractivity contribution in [3.05, 3.63) is 0 Å². The maximum atomic E-state index is 11.6. The third kappa shape index (κ3) is 1.87. The van der Waals surface area contributed by atoms with Gasteiger partial charge >= 0.3 is 0 Å². The van der Waals surface area contributed by atoms with Gasteiger partial charge in [-0.15, -0.1) is 0 Å². The Labute approximate surface area is 79.1 Å². The summed E-state index contributed by atoms with van der Waals surface area (Å²) in [6.45, 7) is 1.05. The van der Waals surface area contributed by atoms with Gasteiger partial charge in [-0.1, -0.05) is 6.42 Å². The van der Waals surface area contributed by atoms with Gasteiger partial charge in [0.05, 0.1) is 5.75 Å². The number of rotatable bonds is 3. The first-order valence-electron chi connectivity index (χ1n) is 4.81. The summed E-state index contributed by atoms with van der Waals surface area (Å²) in [5.41, 5.74) is 5.54. The molecule has 5 heteroatoms. The zero-order chi connectivity index (χ0) is 9.47. The summed E-state index contributed by atoms with van der Waals surface area (Å²) in [6.07, 6.45) is 3.36. The van der Waals surface area contributed by atoms with Crippen LogP contribution in [0.1, 0.15) is 19.3 Å². The van der Waals surface area contributed by atoms with E-state index in [0.717, 1.165) is 12.8 Å². The van der Waals surface area contributed by atoms with E-state index in [4.69, 9.17) is 5.73 Å². The Morgan fingerprint density at radius 3 is 2.31 bits per heavy atom. The van der Waals surface area contributed by atoms with Gasteiger partial charge in [0.1, 0.15) is 0 Å². The lowest BCUT2D eigenvalue weighted by Gasteiger charge is -2.37. The van der Waals surface area contributed by atoms with Crippen LogP contribution in [0, 0.1) is 5.92 Å². The van der Waals surface area contributed by atoms with E-state index in [1.54, 1.807) is 0 Å². The molecule has 1 heterocycles. The van der Waals surface area contributed by atoms with Crippen molar-refractivity contribution in [3.8, 4) is 0 Å². The second-order valence-corrected chi connectivity index (χ2v) is 6.17. The maximum Gasteiger partial charge on any atom is 0.214 e. The van der Waals surface area contributed by atoms with Crippen LogP contribution in [0.15, 0.2) is 0 Å². The molecule has 0 unspecified atom stereocenters. The molecule has 0 aromatic heterocycles. The van der Waals surface area contributed by atoms with Gasteiger partial charge in [0.25, 0.3) is 0 Å². The molecule has 0 bridgehead atoms. The fourth-order valence-corrected chi connectivity index (χ4v) is 3.74. The predicted octanol–water partition coefficient (Wildman–Crippen LogP) is -0.241. The van der Waals surface area contributed by atoms with E-state index >= 15 is 0 Å². The van der Waals surface area contributed by atoms with Gasteiger partial charge in [0.15, 0.2) is 0 Å². The predicted molar refractivity (Wildman–Crippen MR) is 50.7 cm³/mol. The van der Waals surface area contributed by atoms with E-state index in [-0.39, 0.29) is 6.04 Å². The lowest BCUT2D eigenvalue weighted by molar-refractivity contribution is 0.258. The van der Waals surface area contributed by atoms with E-state index in [2.05, 4.69) is 0 Å². The van der Waals surface area contributed by atoms with E-state index in [0.29, 0.717) is 24.8 Å². The van der Waals surface area contributed by atoms with E-state index < -0.39 is 10.0 Å². The van der Waals surface area contributed by atoms with Gasteiger partial charge in [-0.2, -0.15) is 4.31 Å². The van der Waals surface area contributed by atoms with Crippen LogP contribution < -0.4 is 5.73 Å². The van der Waals surface area contributed by atoms with Crippen LogP contribution in [-0.4, -0.2) is 37.6 Å². The van der Waals surface area contributed by atoms with Gasteiger partial charge in [-0.3, -0.25) is 0 Å². The molecule has 76 valence electrons. The molecular weight excluding hydrogens is 188 g/mol. The van der Waals surface area contributed by atoms with Gasteiger partial charge in [-0.25, -0.2) is 8.42 Å². The number of hydrogen-bond donors (Lipinski definition) is 1. The summed E-state index contributed by atoms with van der Waals surface area (Å²) in [6, 6.07) is 0.0659. The molecule has 0 aromatic carbocycles. The first-order valence-corrected chi connectivity index (χ1v) is 6.42. The van der Waals surface area contributed by atoms with Crippen LogP contribution in [0.3, 0.4) is 0 Å². The molecule has 2 N–H and O–H groups in total. The lowest BCUT2D eigenvalue weighted by atomic mass is 9.87. The third-order valence-electron chi connectivity index (χ3n) is 2.94. The number of sulfonamides is 1. The highest BCUT2D eigenvalue weighted by Crippen LogP contribution is 2.29. The van der Waals surface area contributed by atoms with Crippen molar-refractivity contribution in [2.24, 2.45) is 11.7 Å². The average Bonchev–Trinajstić information content (AvgIpc) is 1.91. The van der Waals surface area contributed by atoms with Gasteiger partial charge in [-0.05, 0) is 18.8 Å². The lowest BCUT2D eigenvalue weighted by Crippen LogP contribution is -2.58. The Hall–Kier alpha value is -0.130.